The van der Waals surface area contributed by atoms with Gasteiger partial charge in [0, 0.05) is 17.0 Å². The van der Waals surface area contributed by atoms with Crippen molar-refractivity contribution < 1.29 is 14.1 Å². The van der Waals surface area contributed by atoms with E-state index in [-0.39, 0.29) is 17.7 Å². The van der Waals surface area contributed by atoms with E-state index in [9.17, 15) is 10.1 Å². The molecule has 10 heteroatoms. The Hall–Kier alpha value is -3.79. The lowest BCUT2D eigenvalue weighted by Gasteiger charge is -2.33. The molecule has 1 atom stereocenters. The monoisotopic (exact) mass is 503 g/mol. The molecule has 4 aromatic heterocycles. The van der Waals surface area contributed by atoms with Gasteiger partial charge in [-0.2, -0.15) is 0 Å². The van der Waals surface area contributed by atoms with Crippen LogP contribution >= 0.6 is 11.3 Å². The molecule has 0 aliphatic heterocycles. The smallest absolute Gasteiger partial charge is 0.269 e. The van der Waals surface area contributed by atoms with Crippen LogP contribution in [0.5, 0.6) is 5.75 Å². The molecule has 1 aromatic carbocycles. The highest BCUT2D eigenvalue weighted by Crippen LogP contribution is 2.43. The lowest BCUT2D eigenvalue weighted by atomic mass is 9.72. The maximum atomic E-state index is 10.8. The summed E-state index contributed by atoms with van der Waals surface area (Å²) in [7, 11) is 0. The van der Waals surface area contributed by atoms with E-state index in [1.807, 2.05) is 12.1 Å². The number of hydrogen-bond donors (Lipinski definition) is 0. The Morgan fingerprint density at radius 2 is 2.03 bits per heavy atom. The molecule has 0 N–H and O–H groups in total. The van der Waals surface area contributed by atoms with Gasteiger partial charge in [0.15, 0.2) is 11.4 Å². The second-order valence-corrected chi connectivity index (χ2v) is 11.3. The minimum absolute atomic E-state index is 0.0186. The number of non-ortho nitro benzene ring substituents is 1. The van der Waals surface area contributed by atoms with E-state index in [0.717, 1.165) is 28.7 Å². The fourth-order valence-electron chi connectivity index (χ4n) is 4.81. The van der Waals surface area contributed by atoms with Crippen molar-refractivity contribution in [2.24, 2.45) is 11.3 Å². The third-order valence-electron chi connectivity index (χ3n) is 6.92. The van der Waals surface area contributed by atoms with Crippen LogP contribution in [0.2, 0.25) is 0 Å². The predicted octanol–water partition coefficient (Wildman–Crippen LogP) is 6.24. The first kappa shape index (κ1) is 22.7. The van der Waals surface area contributed by atoms with Gasteiger partial charge >= 0.3 is 0 Å². The molecule has 4 heterocycles. The number of nitro groups is 1. The second-order valence-electron chi connectivity index (χ2n) is 10.2. The highest BCUT2D eigenvalue weighted by Gasteiger charge is 2.32. The van der Waals surface area contributed by atoms with Crippen LogP contribution in [0.4, 0.5) is 5.69 Å². The molecule has 0 fully saturated rings. The molecule has 9 nitrogen and oxygen atoms in total. The molecule has 6 rings (SSSR count). The largest absolute Gasteiger partial charge is 0.486 e. The number of fused-ring (bicyclic) bond motifs is 5. The van der Waals surface area contributed by atoms with Crippen molar-refractivity contribution in [2.45, 2.75) is 46.6 Å². The molecule has 0 saturated heterocycles. The Morgan fingerprint density at radius 1 is 1.22 bits per heavy atom. The molecule has 0 spiro atoms. The van der Waals surface area contributed by atoms with Gasteiger partial charge in [-0.25, -0.2) is 14.5 Å². The number of thiophene rings is 1. The summed E-state index contributed by atoms with van der Waals surface area (Å²) in [6, 6.07) is 9.59. The van der Waals surface area contributed by atoms with Gasteiger partial charge in [-0.05, 0) is 60.4 Å². The molecule has 1 aliphatic rings. The van der Waals surface area contributed by atoms with Crippen molar-refractivity contribution in [2.75, 3.05) is 0 Å². The van der Waals surface area contributed by atoms with E-state index in [0.29, 0.717) is 29.0 Å². The standard InChI is InChI=1S/C26H25N5O4S/c1-26(2,3)15-4-10-19-21(12-15)36-25-22(19)24-28-23(29-30(24)14-27-25)20-11-9-18(35-20)13-34-17-7-5-16(6-8-17)31(32)33/h5-9,11,14-15H,4,10,12-13H2,1-3H3. The lowest BCUT2D eigenvalue weighted by molar-refractivity contribution is -0.384. The molecule has 36 heavy (non-hydrogen) atoms. The van der Waals surface area contributed by atoms with Crippen LogP contribution in [0.3, 0.4) is 0 Å². The summed E-state index contributed by atoms with van der Waals surface area (Å²) in [4.78, 5) is 22.3. The zero-order valence-corrected chi connectivity index (χ0v) is 21.0. The highest BCUT2D eigenvalue weighted by atomic mass is 32.1. The summed E-state index contributed by atoms with van der Waals surface area (Å²) in [5.41, 5.74) is 2.48. The van der Waals surface area contributed by atoms with Crippen LogP contribution in [0.15, 0.2) is 47.1 Å². The van der Waals surface area contributed by atoms with Crippen molar-refractivity contribution in [3.05, 3.63) is 69.0 Å². The summed E-state index contributed by atoms with van der Waals surface area (Å²) in [5.74, 6) is 2.83. The Kier molecular flexibility index (Phi) is 5.29. The highest BCUT2D eigenvalue weighted by molar-refractivity contribution is 7.19. The second kappa shape index (κ2) is 8.41. The van der Waals surface area contributed by atoms with Gasteiger partial charge in [-0.15, -0.1) is 16.4 Å². The number of furan rings is 1. The van der Waals surface area contributed by atoms with Gasteiger partial charge in [0.25, 0.3) is 5.69 Å². The van der Waals surface area contributed by atoms with Crippen molar-refractivity contribution >= 4 is 32.9 Å². The summed E-state index contributed by atoms with van der Waals surface area (Å²) < 4.78 is 13.4. The number of nitrogens with zero attached hydrogens (tertiary/aromatic N) is 5. The molecule has 184 valence electrons. The topological polar surface area (TPSA) is 109 Å². The third kappa shape index (κ3) is 4.01. The number of hydrogen-bond acceptors (Lipinski definition) is 8. The SMILES string of the molecule is CC(C)(C)C1CCc2c(sc3ncn4nc(-c5ccc(COc6ccc([N+](=O)[O-])cc6)o5)nc4c23)C1. The Bertz CT molecular complexity index is 1590. The molecule has 1 aliphatic carbocycles. The van der Waals surface area contributed by atoms with Crippen molar-refractivity contribution in [3.63, 3.8) is 0 Å². The van der Waals surface area contributed by atoms with Crippen LogP contribution in [0.25, 0.3) is 27.4 Å². The molecule has 1 unspecified atom stereocenters. The number of benzene rings is 1. The van der Waals surface area contributed by atoms with Gasteiger partial charge in [-0.3, -0.25) is 10.1 Å². The zero-order chi connectivity index (χ0) is 25.0. The van der Waals surface area contributed by atoms with Gasteiger partial charge in [0.2, 0.25) is 5.82 Å². The molecule has 5 aromatic rings. The Morgan fingerprint density at radius 3 is 2.78 bits per heavy atom. The summed E-state index contributed by atoms with van der Waals surface area (Å²) in [6.45, 7) is 7.16. The Labute approximate surface area is 210 Å². The number of aromatic nitrogens is 4. The van der Waals surface area contributed by atoms with E-state index < -0.39 is 4.92 Å². The zero-order valence-electron chi connectivity index (χ0n) is 20.2. The summed E-state index contributed by atoms with van der Waals surface area (Å²) in [6.07, 6.45) is 5.01. The maximum absolute atomic E-state index is 10.8. The Balaban J connectivity index is 1.25. The van der Waals surface area contributed by atoms with Gasteiger partial charge in [0.05, 0.1) is 10.3 Å². The number of aryl methyl sites for hydroxylation is 1. The van der Waals surface area contributed by atoms with Crippen LogP contribution in [-0.2, 0) is 19.4 Å². The van der Waals surface area contributed by atoms with Crippen LogP contribution in [0, 0.1) is 21.4 Å². The van der Waals surface area contributed by atoms with Crippen molar-refractivity contribution in [1.82, 2.24) is 19.6 Å². The van der Waals surface area contributed by atoms with Crippen LogP contribution in [0.1, 0.15) is 43.4 Å². The molecule has 0 radical (unpaired) electrons. The average molecular weight is 504 g/mol. The average Bonchev–Trinajstić information content (AvgIpc) is 3.57. The molecular formula is C26H25N5O4S. The number of nitro benzene ring substituents is 1. The van der Waals surface area contributed by atoms with Crippen molar-refractivity contribution in [1.29, 1.82) is 0 Å². The predicted molar refractivity (Wildman–Crippen MR) is 136 cm³/mol. The first-order chi connectivity index (χ1) is 17.3. The summed E-state index contributed by atoms with van der Waals surface area (Å²) in [5, 5.41) is 16.5. The normalized spacial score (nSPS) is 15.9. The first-order valence-corrected chi connectivity index (χ1v) is 12.7. The molecule has 0 bridgehead atoms. The lowest BCUT2D eigenvalue weighted by Crippen LogP contribution is -2.26. The fourth-order valence-corrected chi connectivity index (χ4v) is 6.07. The maximum Gasteiger partial charge on any atom is 0.269 e. The number of ether oxygens (including phenoxy) is 1. The molecule has 0 saturated carbocycles. The van der Waals surface area contributed by atoms with Gasteiger partial charge in [-0.1, -0.05) is 20.8 Å². The quantitative estimate of drug-likeness (QED) is 0.206. The number of rotatable bonds is 5. The minimum atomic E-state index is -0.442. The van der Waals surface area contributed by atoms with Gasteiger partial charge in [0.1, 0.15) is 29.3 Å². The van der Waals surface area contributed by atoms with E-state index >= 15 is 0 Å². The molecule has 0 amide bonds. The first-order valence-electron chi connectivity index (χ1n) is 11.9. The minimum Gasteiger partial charge on any atom is -0.486 e. The summed E-state index contributed by atoms with van der Waals surface area (Å²) >= 11 is 1.78. The molecular weight excluding hydrogens is 478 g/mol. The van der Waals surface area contributed by atoms with E-state index in [1.54, 1.807) is 34.3 Å². The van der Waals surface area contributed by atoms with E-state index in [1.165, 1.54) is 29.0 Å². The third-order valence-corrected chi connectivity index (χ3v) is 8.08. The van der Waals surface area contributed by atoms with Crippen LogP contribution < -0.4 is 4.74 Å². The van der Waals surface area contributed by atoms with Crippen molar-refractivity contribution in [3.8, 4) is 17.3 Å². The van der Waals surface area contributed by atoms with Crippen LogP contribution in [-0.4, -0.2) is 24.5 Å². The fraction of sp³-hybridized carbons (Fsp3) is 0.346. The van der Waals surface area contributed by atoms with E-state index in [2.05, 4.69) is 30.9 Å². The van der Waals surface area contributed by atoms with E-state index in [4.69, 9.17) is 14.1 Å². The van der Waals surface area contributed by atoms with Gasteiger partial charge < -0.3 is 9.15 Å².